The number of hydrogen-bond donors (Lipinski definition) is 0. The normalized spacial score (nSPS) is 13.0. The molecule has 0 saturated carbocycles. The Morgan fingerprint density at radius 3 is 2.62 bits per heavy atom. The molecule has 0 amide bonds. The quantitative estimate of drug-likeness (QED) is 0.612. The molecule has 0 bridgehead atoms. The molecule has 21 heavy (non-hydrogen) atoms. The topological polar surface area (TPSA) is 26.3 Å². The predicted octanol–water partition coefficient (Wildman–Crippen LogP) is 4.16. The number of fused-ring (bicyclic) bond motifs is 1. The Kier molecular flexibility index (Phi) is 4.30. The van der Waals surface area contributed by atoms with Gasteiger partial charge in [0.25, 0.3) is 0 Å². The van der Waals surface area contributed by atoms with Gasteiger partial charge in [0, 0.05) is 10.5 Å². The lowest BCUT2D eigenvalue weighted by Crippen LogP contribution is -2.12. The van der Waals surface area contributed by atoms with Crippen molar-refractivity contribution in [3.05, 3.63) is 59.2 Å². The molecule has 0 spiro atoms. The van der Waals surface area contributed by atoms with Gasteiger partial charge in [0.15, 0.2) is 12.4 Å². The van der Waals surface area contributed by atoms with Crippen molar-refractivity contribution < 1.29 is 9.53 Å². The highest BCUT2D eigenvalue weighted by atomic mass is 32.2. The van der Waals surface area contributed by atoms with Gasteiger partial charge in [-0.05, 0) is 67.0 Å². The van der Waals surface area contributed by atoms with Crippen molar-refractivity contribution in [2.45, 2.75) is 24.2 Å². The first-order valence-electron chi connectivity index (χ1n) is 7.18. The van der Waals surface area contributed by atoms with E-state index >= 15 is 0 Å². The molecule has 0 atom stereocenters. The minimum atomic E-state index is 0.0404. The summed E-state index contributed by atoms with van der Waals surface area (Å²) in [6.07, 6.45) is 5.47. The SMILES string of the molecule is CSc1ccc(OCC(=O)c2ccc3c(c2)CCC3)cc1. The number of ketones is 1. The number of aryl methyl sites for hydroxylation is 2. The van der Waals surface area contributed by atoms with E-state index in [9.17, 15) is 4.79 Å². The number of carbonyl (C=O) groups is 1. The number of carbonyl (C=O) groups excluding carboxylic acids is 1. The molecule has 0 heterocycles. The first-order chi connectivity index (χ1) is 10.3. The van der Waals surface area contributed by atoms with E-state index in [4.69, 9.17) is 4.74 Å². The van der Waals surface area contributed by atoms with Crippen LogP contribution < -0.4 is 4.74 Å². The molecular weight excluding hydrogens is 280 g/mol. The van der Waals surface area contributed by atoms with Crippen molar-refractivity contribution in [2.24, 2.45) is 0 Å². The first kappa shape index (κ1) is 14.2. The van der Waals surface area contributed by atoms with Crippen LogP contribution in [-0.4, -0.2) is 18.6 Å². The van der Waals surface area contributed by atoms with Crippen LogP contribution in [0.4, 0.5) is 0 Å². The number of ether oxygens (including phenoxy) is 1. The standard InChI is InChI=1S/C18H18O2S/c1-21-17-9-7-16(8-10-17)20-12-18(19)15-6-5-13-3-2-4-14(13)11-15/h5-11H,2-4,12H2,1H3. The summed E-state index contributed by atoms with van der Waals surface area (Å²) in [5, 5.41) is 0. The lowest BCUT2D eigenvalue weighted by molar-refractivity contribution is 0.0921. The second-order valence-electron chi connectivity index (χ2n) is 5.22. The molecule has 2 aromatic carbocycles. The lowest BCUT2D eigenvalue weighted by atomic mass is 10.0. The second kappa shape index (κ2) is 6.35. The van der Waals surface area contributed by atoms with E-state index in [1.807, 2.05) is 42.7 Å². The van der Waals surface area contributed by atoms with Crippen molar-refractivity contribution in [2.75, 3.05) is 12.9 Å². The van der Waals surface area contributed by atoms with E-state index in [1.54, 1.807) is 11.8 Å². The van der Waals surface area contributed by atoms with Gasteiger partial charge in [-0.3, -0.25) is 4.79 Å². The van der Waals surface area contributed by atoms with Crippen LogP contribution in [0, 0.1) is 0 Å². The monoisotopic (exact) mass is 298 g/mol. The van der Waals surface area contributed by atoms with Crippen LogP contribution in [0.5, 0.6) is 5.75 Å². The van der Waals surface area contributed by atoms with Gasteiger partial charge in [-0.2, -0.15) is 0 Å². The first-order valence-corrected chi connectivity index (χ1v) is 8.40. The Labute approximate surface area is 129 Å². The third-order valence-electron chi connectivity index (χ3n) is 3.85. The Hall–Kier alpha value is -1.74. The Bertz CT molecular complexity index is 647. The fraction of sp³-hybridized carbons (Fsp3) is 0.278. The molecule has 3 rings (SSSR count). The number of thioether (sulfide) groups is 1. The third-order valence-corrected chi connectivity index (χ3v) is 4.59. The molecular formula is C18H18O2S. The van der Waals surface area contributed by atoms with Crippen LogP contribution >= 0.6 is 11.8 Å². The Morgan fingerprint density at radius 1 is 1.10 bits per heavy atom. The highest BCUT2D eigenvalue weighted by Gasteiger charge is 2.14. The fourth-order valence-electron chi connectivity index (χ4n) is 2.65. The van der Waals surface area contributed by atoms with Crippen molar-refractivity contribution in [1.82, 2.24) is 0 Å². The van der Waals surface area contributed by atoms with E-state index in [-0.39, 0.29) is 12.4 Å². The summed E-state index contributed by atoms with van der Waals surface area (Å²) < 4.78 is 5.58. The van der Waals surface area contributed by atoms with Gasteiger partial charge in [-0.25, -0.2) is 0 Å². The van der Waals surface area contributed by atoms with Crippen LogP contribution in [0.2, 0.25) is 0 Å². The molecule has 0 aliphatic heterocycles. The Balaban J connectivity index is 1.63. The van der Waals surface area contributed by atoms with Gasteiger partial charge in [0.05, 0.1) is 0 Å². The summed E-state index contributed by atoms with van der Waals surface area (Å²) >= 11 is 1.69. The summed E-state index contributed by atoms with van der Waals surface area (Å²) in [5.74, 6) is 0.779. The maximum Gasteiger partial charge on any atom is 0.200 e. The maximum absolute atomic E-state index is 12.2. The smallest absolute Gasteiger partial charge is 0.200 e. The summed E-state index contributed by atoms with van der Waals surface area (Å²) in [6, 6.07) is 13.9. The zero-order chi connectivity index (χ0) is 14.7. The largest absolute Gasteiger partial charge is 0.485 e. The van der Waals surface area contributed by atoms with Crippen molar-refractivity contribution in [3.8, 4) is 5.75 Å². The van der Waals surface area contributed by atoms with Gasteiger partial charge in [0.2, 0.25) is 0 Å². The van der Waals surface area contributed by atoms with E-state index in [2.05, 4.69) is 6.07 Å². The summed E-state index contributed by atoms with van der Waals surface area (Å²) in [7, 11) is 0. The molecule has 0 saturated heterocycles. The summed E-state index contributed by atoms with van der Waals surface area (Å²) in [5.41, 5.74) is 3.47. The third kappa shape index (κ3) is 3.30. The highest BCUT2D eigenvalue weighted by molar-refractivity contribution is 7.98. The van der Waals surface area contributed by atoms with E-state index in [0.29, 0.717) is 0 Å². The van der Waals surface area contributed by atoms with Crippen LogP contribution in [0.15, 0.2) is 47.4 Å². The molecule has 0 aromatic heterocycles. The highest BCUT2D eigenvalue weighted by Crippen LogP contribution is 2.23. The maximum atomic E-state index is 12.2. The van der Waals surface area contributed by atoms with Crippen molar-refractivity contribution in [3.63, 3.8) is 0 Å². The van der Waals surface area contributed by atoms with E-state index in [0.717, 1.165) is 24.2 Å². The minimum absolute atomic E-state index is 0.0404. The van der Waals surface area contributed by atoms with Crippen molar-refractivity contribution >= 4 is 17.5 Å². The molecule has 0 N–H and O–H groups in total. The zero-order valence-corrected chi connectivity index (χ0v) is 12.9. The van der Waals surface area contributed by atoms with Gasteiger partial charge >= 0.3 is 0 Å². The second-order valence-corrected chi connectivity index (χ2v) is 6.10. The molecule has 1 aliphatic rings. The molecule has 3 heteroatoms. The molecule has 0 radical (unpaired) electrons. The molecule has 0 unspecified atom stereocenters. The predicted molar refractivity (Wildman–Crippen MR) is 86.5 cm³/mol. The van der Waals surface area contributed by atoms with E-state index < -0.39 is 0 Å². The fourth-order valence-corrected chi connectivity index (χ4v) is 3.06. The van der Waals surface area contributed by atoms with Crippen LogP contribution in [0.3, 0.4) is 0 Å². The van der Waals surface area contributed by atoms with Crippen molar-refractivity contribution in [1.29, 1.82) is 0 Å². The zero-order valence-electron chi connectivity index (χ0n) is 12.1. The minimum Gasteiger partial charge on any atom is -0.485 e. The number of benzene rings is 2. The number of Topliss-reactive ketones (excluding diaryl/α,β-unsaturated/α-hetero) is 1. The summed E-state index contributed by atoms with van der Waals surface area (Å²) in [4.78, 5) is 13.4. The number of rotatable bonds is 5. The average Bonchev–Trinajstić information content (AvgIpc) is 3.00. The molecule has 1 aliphatic carbocycles. The van der Waals surface area contributed by atoms with Gasteiger partial charge < -0.3 is 4.74 Å². The lowest BCUT2D eigenvalue weighted by Gasteiger charge is -2.07. The number of hydrogen-bond acceptors (Lipinski definition) is 3. The van der Waals surface area contributed by atoms with Gasteiger partial charge in [-0.15, -0.1) is 11.8 Å². The van der Waals surface area contributed by atoms with Gasteiger partial charge in [0.1, 0.15) is 5.75 Å². The van der Waals surface area contributed by atoms with E-state index in [1.165, 1.54) is 22.4 Å². The average molecular weight is 298 g/mol. The molecule has 0 fully saturated rings. The molecule has 108 valence electrons. The van der Waals surface area contributed by atoms with Crippen LogP contribution in [0.1, 0.15) is 27.9 Å². The summed E-state index contributed by atoms with van der Waals surface area (Å²) in [6.45, 7) is 0.0946. The molecule has 2 aromatic rings. The van der Waals surface area contributed by atoms with Crippen LogP contribution in [-0.2, 0) is 12.8 Å². The van der Waals surface area contributed by atoms with Crippen LogP contribution in [0.25, 0.3) is 0 Å². The molecule has 2 nitrogen and oxygen atoms in total. The van der Waals surface area contributed by atoms with Gasteiger partial charge in [-0.1, -0.05) is 12.1 Å². The Morgan fingerprint density at radius 2 is 1.86 bits per heavy atom.